The summed E-state index contributed by atoms with van der Waals surface area (Å²) in [6.45, 7) is 8.12. The highest BCUT2D eigenvalue weighted by atomic mass is 16.4. The van der Waals surface area contributed by atoms with Crippen molar-refractivity contribution in [3.05, 3.63) is 0 Å². The number of aliphatic carboxylic acids is 1. The molecule has 1 unspecified atom stereocenters. The van der Waals surface area contributed by atoms with Crippen LogP contribution >= 0.6 is 0 Å². The number of rotatable bonds is 2. The van der Waals surface area contributed by atoms with Crippen molar-refractivity contribution in [2.24, 2.45) is 23.2 Å². The highest BCUT2D eigenvalue weighted by Gasteiger charge is 2.43. The Labute approximate surface area is 121 Å². The van der Waals surface area contributed by atoms with Gasteiger partial charge in [-0.1, -0.05) is 20.8 Å². The molecule has 2 aliphatic rings. The first-order valence-corrected chi connectivity index (χ1v) is 7.82. The van der Waals surface area contributed by atoms with Crippen LogP contribution in [0.2, 0.25) is 0 Å². The number of likely N-dealkylation sites (tertiary alicyclic amines) is 1. The molecule has 0 spiro atoms. The van der Waals surface area contributed by atoms with Gasteiger partial charge in [-0.05, 0) is 43.4 Å². The number of nitrogens with zero attached hydrogens (tertiary/aromatic N) is 1. The molecule has 1 saturated carbocycles. The number of carbonyl (C=O) groups is 2. The minimum Gasteiger partial charge on any atom is -0.481 e. The highest BCUT2D eigenvalue weighted by Crippen LogP contribution is 2.38. The van der Waals surface area contributed by atoms with E-state index < -0.39 is 11.9 Å². The lowest BCUT2D eigenvalue weighted by Crippen LogP contribution is -2.40. The fraction of sp³-hybridized carbons (Fsp3) is 0.875. The van der Waals surface area contributed by atoms with E-state index in [1.807, 2.05) is 4.90 Å². The van der Waals surface area contributed by atoms with E-state index in [1.165, 1.54) is 0 Å². The van der Waals surface area contributed by atoms with Crippen LogP contribution in [0.5, 0.6) is 0 Å². The van der Waals surface area contributed by atoms with E-state index in [0.717, 1.165) is 38.8 Å². The SMILES string of the molecule is CC1C[C@H](C(=O)N2CCCC(C)(C)CC2)[C@H](C(=O)O)C1. The van der Waals surface area contributed by atoms with Gasteiger partial charge in [0.2, 0.25) is 5.91 Å². The van der Waals surface area contributed by atoms with Gasteiger partial charge in [0.1, 0.15) is 0 Å². The Morgan fingerprint density at radius 2 is 1.75 bits per heavy atom. The van der Waals surface area contributed by atoms with Crippen molar-refractivity contribution < 1.29 is 14.7 Å². The zero-order valence-corrected chi connectivity index (χ0v) is 12.9. The van der Waals surface area contributed by atoms with Gasteiger partial charge in [0, 0.05) is 13.1 Å². The minimum atomic E-state index is -0.803. The quantitative estimate of drug-likeness (QED) is 0.846. The summed E-state index contributed by atoms with van der Waals surface area (Å²) in [6.07, 6.45) is 4.55. The van der Waals surface area contributed by atoms with Crippen LogP contribution in [0.3, 0.4) is 0 Å². The van der Waals surface area contributed by atoms with Crippen LogP contribution in [-0.2, 0) is 9.59 Å². The second-order valence-electron chi connectivity index (χ2n) is 7.47. The van der Waals surface area contributed by atoms with Crippen LogP contribution in [0, 0.1) is 23.2 Å². The molecule has 0 aromatic carbocycles. The third-order valence-electron chi connectivity index (χ3n) is 5.08. The van der Waals surface area contributed by atoms with Crippen molar-refractivity contribution in [1.82, 2.24) is 4.90 Å². The number of carboxylic acids is 1. The zero-order valence-electron chi connectivity index (χ0n) is 12.9. The molecule has 2 rings (SSSR count). The van der Waals surface area contributed by atoms with Crippen molar-refractivity contribution in [3.8, 4) is 0 Å². The van der Waals surface area contributed by atoms with Gasteiger partial charge in [0.25, 0.3) is 0 Å². The van der Waals surface area contributed by atoms with E-state index in [0.29, 0.717) is 17.8 Å². The molecule has 20 heavy (non-hydrogen) atoms. The largest absolute Gasteiger partial charge is 0.481 e. The molecule has 2 fully saturated rings. The Balaban J connectivity index is 2.05. The smallest absolute Gasteiger partial charge is 0.307 e. The molecule has 1 N–H and O–H groups in total. The molecule has 0 aromatic rings. The topological polar surface area (TPSA) is 57.6 Å². The number of hydrogen-bond acceptors (Lipinski definition) is 2. The third-order valence-corrected chi connectivity index (χ3v) is 5.08. The van der Waals surface area contributed by atoms with E-state index in [2.05, 4.69) is 20.8 Å². The summed E-state index contributed by atoms with van der Waals surface area (Å²) in [4.78, 5) is 26.0. The molecule has 1 saturated heterocycles. The number of carboxylic acid groups (broad SMARTS) is 1. The average molecular weight is 281 g/mol. The van der Waals surface area contributed by atoms with Crippen LogP contribution in [0.25, 0.3) is 0 Å². The van der Waals surface area contributed by atoms with Crippen LogP contribution in [0.15, 0.2) is 0 Å². The minimum absolute atomic E-state index is 0.0828. The molecule has 0 bridgehead atoms. The lowest BCUT2D eigenvalue weighted by molar-refractivity contribution is -0.149. The molecule has 4 heteroatoms. The average Bonchev–Trinajstić information content (AvgIpc) is 2.65. The molecular weight excluding hydrogens is 254 g/mol. The fourth-order valence-corrected chi connectivity index (χ4v) is 3.72. The van der Waals surface area contributed by atoms with Gasteiger partial charge in [-0.15, -0.1) is 0 Å². The monoisotopic (exact) mass is 281 g/mol. The first-order valence-electron chi connectivity index (χ1n) is 7.82. The lowest BCUT2D eigenvalue weighted by Gasteiger charge is -2.27. The molecule has 0 radical (unpaired) electrons. The second kappa shape index (κ2) is 5.74. The maximum absolute atomic E-state index is 12.7. The van der Waals surface area contributed by atoms with Gasteiger partial charge < -0.3 is 10.0 Å². The molecular formula is C16H27NO3. The molecule has 1 amide bonds. The molecule has 1 heterocycles. The van der Waals surface area contributed by atoms with Gasteiger partial charge in [0.05, 0.1) is 11.8 Å². The normalized spacial score (nSPS) is 33.8. The lowest BCUT2D eigenvalue weighted by atomic mass is 9.85. The molecule has 1 aliphatic carbocycles. The fourth-order valence-electron chi connectivity index (χ4n) is 3.72. The van der Waals surface area contributed by atoms with E-state index in [9.17, 15) is 14.7 Å². The standard InChI is InChI=1S/C16H27NO3/c1-11-9-12(13(10-11)15(19)20)14(18)17-7-4-5-16(2,3)6-8-17/h11-13H,4-10H2,1-3H3,(H,19,20)/t11?,12-,13+/m0/s1. The zero-order chi connectivity index (χ0) is 14.9. The molecule has 114 valence electrons. The van der Waals surface area contributed by atoms with Crippen LogP contribution in [0.4, 0.5) is 0 Å². The molecule has 4 nitrogen and oxygen atoms in total. The number of carbonyl (C=O) groups excluding carboxylic acids is 1. The van der Waals surface area contributed by atoms with E-state index in [4.69, 9.17) is 0 Å². The van der Waals surface area contributed by atoms with E-state index in [1.54, 1.807) is 0 Å². The number of amides is 1. The van der Waals surface area contributed by atoms with Gasteiger partial charge in [0.15, 0.2) is 0 Å². The van der Waals surface area contributed by atoms with Gasteiger partial charge in [-0.25, -0.2) is 0 Å². The Morgan fingerprint density at radius 1 is 1.10 bits per heavy atom. The molecule has 0 aromatic heterocycles. The third kappa shape index (κ3) is 3.33. The summed E-state index contributed by atoms with van der Waals surface area (Å²) in [6, 6.07) is 0. The summed E-state index contributed by atoms with van der Waals surface area (Å²) in [5.74, 6) is -1.16. The predicted molar refractivity (Wildman–Crippen MR) is 77.2 cm³/mol. The summed E-state index contributed by atoms with van der Waals surface area (Å²) in [5.41, 5.74) is 0.296. The number of hydrogen-bond donors (Lipinski definition) is 1. The summed E-state index contributed by atoms with van der Waals surface area (Å²) in [7, 11) is 0. The van der Waals surface area contributed by atoms with Crippen molar-refractivity contribution >= 4 is 11.9 Å². The Morgan fingerprint density at radius 3 is 2.40 bits per heavy atom. The van der Waals surface area contributed by atoms with E-state index >= 15 is 0 Å². The maximum Gasteiger partial charge on any atom is 0.307 e. The van der Waals surface area contributed by atoms with Crippen LogP contribution < -0.4 is 0 Å². The first kappa shape index (κ1) is 15.3. The van der Waals surface area contributed by atoms with Crippen molar-refractivity contribution in [3.63, 3.8) is 0 Å². The van der Waals surface area contributed by atoms with Crippen molar-refractivity contribution in [2.75, 3.05) is 13.1 Å². The molecule has 1 aliphatic heterocycles. The van der Waals surface area contributed by atoms with Crippen LogP contribution in [-0.4, -0.2) is 35.0 Å². The van der Waals surface area contributed by atoms with Gasteiger partial charge >= 0.3 is 5.97 Å². The van der Waals surface area contributed by atoms with E-state index in [-0.39, 0.29) is 11.8 Å². The predicted octanol–water partition coefficient (Wildman–Crippen LogP) is 2.77. The Hall–Kier alpha value is -1.06. The first-order chi connectivity index (χ1) is 9.30. The highest BCUT2D eigenvalue weighted by molar-refractivity contribution is 5.85. The Bertz CT molecular complexity index is 391. The van der Waals surface area contributed by atoms with Crippen LogP contribution in [0.1, 0.15) is 52.9 Å². The van der Waals surface area contributed by atoms with Crippen molar-refractivity contribution in [2.45, 2.75) is 52.9 Å². The summed E-state index contributed by atoms with van der Waals surface area (Å²) >= 11 is 0. The van der Waals surface area contributed by atoms with Gasteiger partial charge in [-0.3, -0.25) is 9.59 Å². The van der Waals surface area contributed by atoms with Gasteiger partial charge in [-0.2, -0.15) is 0 Å². The van der Waals surface area contributed by atoms with Crippen molar-refractivity contribution in [1.29, 1.82) is 0 Å². The summed E-state index contributed by atoms with van der Waals surface area (Å²) < 4.78 is 0. The Kier molecular flexibility index (Phi) is 4.40. The summed E-state index contributed by atoms with van der Waals surface area (Å²) in [5, 5.41) is 9.32. The maximum atomic E-state index is 12.7. The molecule has 3 atom stereocenters. The second-order valence-corrected chi connectivity index (χ2v) is 7.47.